The predicted molar refractivity (Wildman–Crippen MR) is 64.8 cm³/mol. The average molecular weight is 309 g/mol. The standard InChI is InChI=1S/C11H19NO9/c1-4(14)12-7(8(17)6(16)3-13)9-5(15)2-11(20,21-9)10(18)19/h5-9,13,15-17,20H,2-3H2,1H3,(H,12,14)(H,18,19)/t5-,6+,7-,8+,9-,11?/m0/s1. The summed E-state index contributed by atoms with van der Waals surface area (Å²) >= 11 is 0. The smallest absolute Gasteiger partial charge is 0.364 e. The molecule has 1 amide bonds. The van der Waals surface area contributed by atoms with Gasteiger partial charge in [-0.05, 0) is 0 Å². The first-order chi connectivity index (χ1) is 9.62. The Bertz CT molecular complexity index is 403. The highest BCUT2D eigenvalue weighted by Crippen LogP contribution is 2.31. The second-order valence-corrected chi connectivity index (χ2v) is 4.91. The van der Waals surface area contributed by atoms with Gasteiger partial charge in [0.05, 0.1) is 18.8 Å². The first-order valence-electron chi connectivity index (χ1n) is 6.18. The van der Waals surface area contributed by atoms with Crippen LogP contribution in [0.3, 0.4) is 0 Å². The van der Waals surface area contributed by atoms with E-state index in [-0.39, 0.29) is 0 Å². The Kier molecular flexibility index (Phi) is 5.61. The number of hydrogen-bond donors (Lipinski definition) is 7. The maximum atomic E-state index is 11.1. The fraction of sp³-hybridized carbons (Fsp3) is 0.818. The number of aliphatic hydroxyl groups is 5. The molecule has 0 aromatic carbocycles. The Morgan fingerprint density at radius 2 is 2.00 bits per heavy atom. The fourth-order valence-electron chi connectivity index (χ4n) is 2.15. The van der Waals surface area contributed by atoms with E-state index in [1.165, 1.54) is 0 Å². The predicted octanol–water partition coefficient (Wildman–Crippen LogP) is -3.87. The molecule has 0 radical (unpaired) electrons. The molecular weight excluding hydrogens is 290 g/mol. The van der Waals surface area contributed by atoms with Crippen LogP contribution in [0.15, 0.2) is 0 Å². The van der Waals surface area contributed by atoms with Gasteiger partial charge in [0.2, 0.25) is 5.91 Å². The first kappa shape index (κ1) is 17.8. The minimum atomic E-state index is -2.66. The van der Waals surface area contributed by atoms with Gasteiger partial charge < -0.3 is 40.7 Å². The molecule has 10 nitrogen and oxygen atoms in total. The van der Waals surface area contributed by atoms with Crippen molar-refractivity contribution < 1.29 is 45.0 Å². The Hall–Kier alpha value is -1.30. The quantitative estimate of drug-likeness (QED) is 0.258. The van der Waals surface area contributed by atoms with Gasteiger partial charge >= 0.3 is 5.97 Å². The summed E-state index contributed by atoms with van der Waals surface area (Å²) in [7, 11) is 0. The highest BCUT2D eigenvalue weighted by atomic mass is 16.7. The molecule has 6 atom stereocenters. The number of ether oxygens (including phenoxy) is 1. The lowest BCUT2D eigenvalue weighted by atomic mass is 9.96. The van der Waals surface area contributed by atoms with Crippen LogP contribution in [0.25, 0.3) is 0 Å². The second kappa shape index (κ2) is 6.64. The Morgan fingerprint density at radius 1 is 1.43 bits per heavy atom. The number of nitrogens with one attached hydrogen (secondary N) is 1. The molecule has 0 aromatic heterocycles. The number of carboxylic acids is 1. The zero-order valence-corrected chi connectivity index (χ0v) is 11.2. The minimum absolute atomic E-state index is 0.647. The summed E-state index contributed by atoms with van der Waals surface area (Å²) in [5.41, 5.74) is 0. The van der Waals surface area contributed by atoms with Gasteiger partial charge in [-0.3, -0.25) is 4.79 Å². The molecule has 122 valence electrons. The molecule has 0 spiro atoms. The van der Waals surface area contributed by atoms with Crippen LogP contribution in [-0.2, 0) is 14.3 Å². The molecular formula is C11H19NO9. The van der Waals surface area contributed by atoms with Crippen LogP contribution in [-0.4, -0.2) is 85.4 Å². The van der Waals surface area contributed by atoms with Gasteiger partial charge in [-0.25, -0.2) is 4.79 Å². The maximum Gasteiger partial charge on any atom is 0.364 e. The van der Waals surface area contributed by atoms with Crippen LogP contribution in [0.4, 0.5) is 0 Å². The van der Waals surface area contributed by atoms with Crippen LogP contribution in [0.2, 0.25) is 0 Å². The fourth-order valence-corrected chi connectivity index (χ4v) is 2.15. The lowest BCUT2D eigenvalue weighted by Crippen LogP contribution is -2.58. The topological polar surface area (TPSA) is 177 Å². The molecule has 10 heteroatoms. The van der Waals surface area contributed by atoms with E-state index in [1.807, 2.05) is 0 Å². The largest absolute Gasteiger partial charge is 0.477 e. The van der Waals surface area contributed by atoms with E-state index in [1.54, 1.807) is 0 Å². The molecule has 1 fully saturated rings. The third kappa shape index (κ3) is 3.87. The molecule has 21 heavy (non-hydrogen) atoms. The summed E-state index contributed by atoms with van der Waals surface area (Å²) in [6, 6.07) is -1.42. The summed E-state index contributed by atoms with van der Waals surface area (Å²) in [5, 5.41) is 58.6. The number of carbonyl (C=O) groups excluding carboxylic acids is 1. The molecule has 1 heterocycles. The highest BCUT2D eigenvalue weighted by molar-refractivity contribution is 5.76. The van der Waals surface area contributed by atoms with E-state index < -0.39 is 61.1 Å². The van der Waals surface area contributed by atoms with Gasteiger partial charge in [-0.1, -0.05) is 0 Å². The van der Waals surface area contributed by atoms with Crippen molar-refractivity contribution in [2.75, 3.05) is 6.61 Å². The number of rotatable bonds is 6. The number of hydrogen-bond acceptors (Lipinski definition) is 8. The Labute approximate surface area is 119 Å². The summed E-state index contributed by atoms with van der Waals surface area (Å²) in [6.07, 6.45) is -7.06. The molecule has 0 bridgehead atoms. The van der Waals surface area contributed by atoms with Gasteiger partial charge in [0.1, 0.15) is 18.3 Å². The molecule has 7 N–H and O–H groups in total. The lowest BCUT2D eigenvalue weighted by Gasteiger charge is -2.32. The number of carbonyl (C=O) groups is 2. The lowest BCUT2D eigenvalue weighted by molar-refractivity contribution is -0.223. The Morgan fingerprint density at radius 3 is 2.38 bits per heavy atom. The van der Waals surface area contributed by atoms with Gasteiger partial charge in [0.15, 0.2) is 0 Å². The van der Waals surface area contributed by atoms with E-state index in [4.69, 9.17) is 14.9 Å². The molecule has 1 aliphatic heterocycles. The van der Waals surface area contributed by atoms with Crippen molar-refractivity contribution in [3.05, 3.63) is 0 Å². The van der Waals surface area contributed by atoms with Crippen molar-refractivity contribution in [1.82, 2.24) is 5.32 Å². The molecule has 1 unspecified atom stereocenters. The highest BCUT2D eigenvalue weighted by Gasteiger charge is 2.54. The third-order valence-corrected chi connectivity index (χ3v) is 3.20. The third-order valence-electron chi connectivity index (χ3n) is 3.20. The number of aliphatic hydroxyl groups excluding tert-OH is 4. The van der Waals surface area contributed by atoms with Gasteiger partial charge in [-0.15, -0.1) is 0 Å². The van der Waals surface area contributed by atoms with Gasteiger partial charge in [0, 0.05) is 13.3 Å². The molecule has 0 saturated carbocycles. The number of carboxylic acid groups (broad SMARTS) is 1. The summed E-state index contributed by atoms with van der Waals surface area (Å²) < 4.78 is 4.84. The van der Waals surface area contributed by atoms with Crippen molar-refractivity contribution in [2.24, 2.45) is 0 Å². The van der Waals surface area contributed by atoms with Crippen molar-refractivity contribution in [2.45, 2.75) is 49.6 Å². The maximum absolute atomic E-state index is 11.1. The van der Waals surface area contributed by atoms with Crippen molar-refractivity contribution in [3.8, 4) is 0 Å². The second-order valence-electron chi connectivity index (χ2n) is 4.91. The molecule has 0 aliphatic carbocycles. The van der Waals surface area contributed by atoms with Crippen molar-refractivity contribution in [3.63, 3.8) is 0 Å². The summed E-state index contributed by atoms with van der Waals surface area (Å²) in [5.74, 6) is -5.04. The van der Waals surface area contributed by atoms with Gasteiger partial charge in [0.25, 0.3) is 5.79 Å². The van der Waals surface area contributed by atoms with Crippen molar-refractivity contribution >= 4 is 11.9 Å². The van der Waals surface area contributed by atoms with Crippen LogP contribution < -0.4 is 5.32 Å². The zero-order chi connectivity index (χ0) is 16.4. The average Bonchev–Trinajstić information content (AvgIpc) is 2.70. The number of aliphatic carboxylic acids is 1. The SMILES string of the molecule is CC(=O)N[C@@H]([C@H](O)[C@H](O)CO)[C@H]1OC(O)(C(=O)O)C[C@@H]1O. The van der Waals surface area contributed by atoms with E-state index >= 15 is 0 Å². The number of amides is 1. The van der Waals surface area contributed by atoms with Crippen LogP contribution in [0, 0.1) is 0 Å². The first-order valence-corrected chi connectivity index (χ1v) is 6.18. The summed E-state index contributed by atoms with van der Waals surface area (Å²) in [6.45, 7) is 0.263. The molecule has 1 aliphatic rings. The minimum Gasteiger partial charge on any atom is -0.477 e. The summed E-state index contributed by atoms with van der Waals surface area (Å²) in [4.78, 5) is 22.0. The monoisotopic (exact) mass is 309 g/mol. The molecule has 1 rings (SSSR count). The van der Waals surface area contributed by atoms with E-state index in [0.29, 0.717) is 0 Å². The van der Waals surface area contributed by atoms with E-state index in [9.17, 15) is 30.0 Å². The van der Waals surface area contributed by atoms with Crippen molar-refractivity contribution in [1.29, 1.82) is 0 Å². The molecule has 0 aromatic rings. The van der Waals surface area contributed by atoms with E-state index in [0.717, 1.165) is 6.92 Å². The van der Waals surface area contributed by atoms with E-state index in [2.05, 4.69) is 5.32 Å². The van der Waals surface area contributed by atoms with Gasteiger partial charge in [-0.2, -0.15) is 0 Å². The zero-order valence-electron chi connectivity index (χ0n) is 11.2. The Balaban J connectivity index is 2.98. The van der Waals surface area contributed by atoms with Crippen LogP contribution >= 0.6 is 0 Å². The van der Waals surface area contributed by atoms with Crippen LogP contribution in [0.1, 0.15) is 13.3 Å². The van der Waals surface area contributed by atoms with Crippen LogP contribution in [0.5, 0.6) is 0 Å². The molecule has 1 saturated heterocycles. The normalized spacial score (nSPS) is 33.2.